The van der Waals surface area contributed by atoms with E-state index in [1.54, 1.807) is 18.4 Å². The van der Waals surface area contributed by atoms with Gasteiger partial charge in [0.1, 0.15) is 0 Å². The van der Waals surface area contributed by atoms with Crippen LogP contribution < -0.4 is 0 Å². The van der Waals surface area contributed by atoms with Gasteiger partial charge in [-0.1, -0.05) is 41.7 Å². The molecule has 1 saturated heterocycles. The number of nitrogens with zero attached hydrogens (tertiary/aromatic N) is 4. The molecule has 0 bridgehead atoms. The number of hydrogen-bond donors (Lipinski definition) is 2. The van der Waals surface area contributed by atoms with Gasteiger partial charge in [0.15, 0.2) is 5.76 Å². The summed E-state index contributed by atoms with van der Waals surface area (Å²) in [4.78, 5) is 8.27. The van der Waals surface area contributed by atoms with Crippen molar-refractivity contribution < 1.29 is 14.6 Å². The standard InChI is InChI=1S/C20H20N4O3S/c25-14-8-10-23(11-9-14)16(13-5-2-1-3-6-13)17-19(26)24-20(28-17)21-18(22-24)15-7-4-12-27-15/h1-7,12,14,16,25-26H,8-11H2/t16-/m1/s1. The summed E-state index contributed by atoms with van der Waals surface area (Å²) >= 11 is 1.43. The molecule has 144 valence electrons. The van der Waals surface area contributed by atoms with E-state index in [1.807, 2.05) is 18.2 Å². The molecule has 8 heteroatoms. The van der Waals surface area contributed by atoms with Crippen molar-refractivity contribution in [3.05, 3.63) is 59.2 Å². The van der Waals surface area contributed by atoms with Crippen LogP contribution in [0.15, 0.2) is 53.1 Å². The molecule has 0 aliphatic carbocycles. The quantitative estimate of drug-likeness (QED) is 0.550. The van der Waals surface area contributed by atoms with Gasteiger partial charge in [0.05, 0.1) is 23.3 Å². The molecule has 4 aromatic rings. The third-order valence-electron chi connectivity index (χ3n) is 5.17. The zero-order valence-electron chi connectivity index (χ0n) is 15.1. The largest absolute Gasteiger partial charge is 0.492 e. The fourth-order valence-corrected chi connectivity index (χ4v) is 4.86. The van der Waals surface area contributed by atoms with Gasteiger partial charge in [-0.15, -0.1) is 5.10 Å². The molecular weight excluding hydrogens is 376 g/mol. The highest BCUT2D eigenvalue weighted by atomic mass is 32.1. The zero-order chi connectivity index (χ0) is 19.1. The van der Waals surface area contributed by atoms with Gasteiger partial charge in [-0.3, -0.25) is 4.90 Å². The van der Waals surface area contributed by atoms with Crippen molar-refractivity contribution >= 4 is 16.3 Å². The molecule has 5 rings (SSSR count). The van der Waals surface area contributed by atoms with Crippen molar-refractivity contribution in [2.75, 3.05) is 13.1 Å². The lowest BCUT2D eigenvalue weighted by Gasteiger charge is -2.36. The number of fused-ring (bicyclic) bond motifs is 1. The minimum Gasteiger partial charge on any atom is -0.492 e. The van der Waals surface area contributed by atoms with E-state index in [9.17, 15) is 10.2 Å². The molecule has 1 aliphatic rings. The van der Waals surface area contributed by atoms with E-state index in [1.165, 1.54) is 15.9 Å². The predicted molar refractivity (Wildman–Crippen MR) is 105 cm³/mol. The first kappa shape index (κ1) is 17.4. The Morgan fingerprint density at radius 1 is 1.11 bits per heavy atom. The summed E-state index contributed by atoms with van der Waals surface area (Å²) in [6.45, 7) is 1.54. The molecule has 0 saturated carbocycles. The van der Waals surface area contributed by atoms with Gasteiger partial charge >= 0.3 is 0 Å². The van der Waals surface area contributed by atoms with Crippen LogP contribution in [0.5, 0.6) is 5.88 Å². The van der Waals surface area contributed by atoms with Gasteiger partial charge in [0.25, 0.3) is 0 Å². The van der Waals surface area contributed by atoms with Crippen molar-refractivity contribution in [3.63, 3.8) is 0 Å². The predicted octanol–water partition coefficient (Wildman–Crippen LogP) is 3.30. The molecule has 1 aromatic carbocycles. The Balaban J connectivity index is 1.57. The number of hydrogen-bond acceptors (Lipinski definition) is 7. The molecule has 0 amide bonds. The fraction of sp³-hybridized carbons (Fsp3) is 0.300. The van der Waals surface area contributed by atoms with Crippen molar-refractivity contribution in [1.82, 2.24) is 19.5 Å². The first-order chi connectivity index (χ1) is 13.7. The van der Waals surface area contributed by atoms with E-state index >= 15 is 0 Å². The maximum atomic E-state index is 11.0. The van der Waals surface area contributed by atoms with Crippen molar-refractivity contribution in [1.29, 1.82) is 0 Å². The molecule has 0 unspecified atom stereocenters. The molecule has 7 nitrogen and oxygen atoms in total. The summed E-state index contributed by atoms with van der Waals surface area (Å²) in [5, 5.41) is 25.3. The second-order valence-corrected chi connectivity index (χ2v) is 7.99. The number of aliphatic hydroxyl groups is 1. The first-order valence-corrected chi connectivity index (χ1v) is 10.1. The Hall–Kier alpha value is -2.68. The van der Waals surface area contributed by atoms with Crippen LogP contribution in [0.1, 0.15) is 29.3 Å². The van der Waals surface area contributed by atoms with Crippen LogP contribution in [0.2, 0.25) is 0 Å². The van der Waals surface area contributed by atoms with Gasteiger partial charge in [-0.05, 0) is 30.5 Å². The van der Waals surface area contributed by atoms with Gasteiger partial charge < -0.3 is 14.6 Å². The molecule has 0 spiro atoms. The minimum absolute atomic E-state index is 0.102. The van der Waals surface area contributed by atoms with E-state index in [2.05, 4.69) is 27.1 Å². The molecular formula is C20H20N4O3S. The van der Waals surface area contributed by atoms with E-state index < -0.39 is 0 Å². The van der Waals surface area contributed by atoms with Gasteiger partial charge in [-0.25, -0.2) is 0 Å². The normalized spacial score (nSPS) is 17.3. The topological polar surface area (TPSA) is 87.0 Å². The van der Waals surface area contributed by atoms with Gasteiger partial charge in [0.2, 0.25) is 16.7 Å². The highest BCUT2D eigenvalue weighted by Crippen LogP contribution is 2.41. The average Bonchev–Trinajstić information content (AvgIpc) is 3.43. The first-order valence-electron chi connectivity index (χ1n) is 9.30. The second kappa shape index (κ2) is 7.05. The third-order valence-corrected chi connectivity index (χ3v) is 6.24. The lowest BCUT2D eigenvalue weighted by atomic mass is 9.99. The molecule has 3 aromatic heterocycles. The number of benzene rings is 1. The zero-order valence-corrected chi connectivity index (χ0v) is 15.9. The Labute approximate surface area is 165 Å². The average molecular weight is 396 g/mol. The van der Waals surface area contributed by atoms with Crippen molar-refractivity contribution in [3.8, 4) is 17.5 Å². The lowest BCUT2D eigenvalue weighted by Crippen LogP contribution is -2.38. The Bertz CT molecular complexity index is 1070. The number of aromatic hydroxyl groups is 1. The molecule has 1 aliphatic heterocycles. The van der Waals surface area contributed by atoms with E-state index in [0.717, 1.165) is 36.4 Å². The van der Waals surface area contributed by atoms with E-state index in [4.69, 9.17) is 4.42 Å². The summed E-state index contributed by atoms with van der Waals surface area (Å²) in [5.41, 5.74) is 1.10. The maximum absolute atomic E-state index is 11.0. The van der Waals surface area contributed by atoms with Crippen LogP contribution in [0.25, 0.3) is 16.5 Å². The van der Waals surface area contributed by atoms with Gasteiger partial charge in [-0.2, -0.15) is 9.50 Å². The molecule has 1 fully saturated rings. The van der Waals surface area contributed by atoms with E-state index in [0.29, 0.717) is 16.5 Å². The maximum Gasteiger partial charge on any atom is 0.230 e. The number of likely N-dealkylation sites (tertiary alicyclic amines) is 1. The smallest absolute Gasteiger partial charge is 0.230 e. The summed E-state index contributed by atoms with van der Waals surface area (Å²) in [6, 6.07) is 13.6. The van der Waals surface area contributed by atoms with Crippen LogP contribution in [-0.2, 0) is 0 Å². The van der Waals surface area contributed by atoms with Crippen LogP contribution in [0.4, 0.5) is 0 Å². The van der Waals surface area contributed by atoms with Gasteiger partial charge in [0, 0.05) is 13.1 Å². The summed E-state index contributed by atoms with van der Waals surface area (Å²) in [6.07, 6.45) is 2.78. The SMILES string of the molecule is Oc1c([C@@H](c2ccccc2)N2CCC(O)CC2)sc2nc(-c3ccco3)nn12. The number of rotatable bonds is 4. The lowest BCUT2D eigenvalue weighted by molar-refractivity contribution is 0.0689. The van der Waals surface area contributed by atoms with Crippen molar-refractivity contribution in [2.24, 2.45) is 0 Å². The molecule has 1 atom stereocenters. The minimum atomic E-state index is -0.251. The number of furan rings is 1. The Morgan fingerprint density at radius 3 is 2.57 bits per heavy atom. The molecule has 2 N–H and O–H groups in total. The summed E-state index contributed by atoms with van der Waals surface area (Å²) in [5.74, 6) is 1.13. The Morgan fingerprint density at radius 2 is 1.89 bits per heavy atom. The van der Waals surface area contributed by atoms with Crippen LogP contribution >= 0.6 is 11.3 Å². The second-order valence-electron chi connectivity index (χ2n) is 6.98. The van der Waals surface area contributed by atoms with Crippen LogP contribution in [-0.4, -0.2) is 48.9 Å². The van der Waals surface area contributed by atoms with E-state index in [-0.39, 0.29) is 18.0 Å². The fourth-order valence-electron chi connectivity index (χ4n) is 3.75. The number of thiazole rings is 1. The number of aliphatic hydroxyl groups excluding tert-OH is 1. The monoisotopic (exact) mass is 396 g/mol. The van der Waals surface area contributed by atoms with Crippen LogP contribution in [0.3, 0.4) is 0 Å². The highest BCUT2D eigenvalue weighted by Gasteiger charge is 2.32. The molecule has 28 heavy (non-hydrogen) atoms. The third kappa shape index (κ3) is 2.99. The van der Waals surface area contributed by atoms with Crippen molar-refractivity contribution in [2.45, 2.75) is 25.0 Å². The number of aromatic nitrogens is 3. The number of piperidine rings is 1. The summed E-state index contributed by atoms with van der Waals surface area (Å²) < 4.78 is 6.84. The molecule has 0 radical (unpaired) electrons. The molecule has 4 heterocycles. The van der Waals surface area contributed by atoms with Crippen LogP contribution in [0, 0.1) is 0 Å². The summed E-state index contributed by atoms with van der Waals surface area (Å²) in [7, 11) is 0. The Kier molecular flexibility index (Phi) is 4.38. The highest BCUT2D eigenvalue weighted by molar-refractivity contribution is 7.17.